The lowest BCUT2D eigenvalue weighted by atomic mass is 9.85. The van der Waals surface area contributed by atoms with Crippen molar-refractivity contribution in [2.24, 2.45) is 11.7 Å². The molecule has 20 heavy (non-hydrogen) atoms. The Labute approximate surface area is 126 Å². The first-order chi connectivity index (χ1) is 9.36. The highest BCUT2D eigenvalue weighted by Gasteiger charge is 2.30. The summed E-state index contributed by atoms with van der Waals surface area (Å²) in [7, 11) is 0. The summed E-state index contributed by atoms with van der Waals surface area (Å²) in [5, 5.41) is 9.88. The molecule has 112 valence electrons. The van der Waals surface area contributed by atoms with Crippen molar-refractivity contribution >= 4 is 17.6 Å². The highest BCUT2D eigenvalue weighted by atomic mass is 35.5. The molecular formula is C16H24ClNO2. The molecule has 2 unspecified atom stereocenters. The quantitative estimate of drug-likeness (QED) is 0.765. The lowest BCUT2D eigenvalue weighted by Crippen LogP contribution is -2.46. The van der Waals surface area contributed by atoms with Gasteiger partial charge in [0.15, 0.2) is 0 Å². The topological polar surface area (TPSA) is 63.3 Å². The zero-order chi connectivity index (χ0) is 15.2. The second-order valence-electron chi connectivity index (χ2n) is 5.68. The van der Waals surface area contributed by atoms with Gasteiger partial charge in [-0.15, -0.1) is 0 Å². The van der Waals surface area contributed by atoms with Crippen molar-refractivity contribution in [2.45, 2.75) is 51.5 Å². The van der Waals surface area contributed by atoms with Gasteiger partial charge in [-0.2, -0.15) is 0 Å². The number of hydrogen-bond acceptors (Lipinski definition) is 2. The molecule has 0 fully saturated rings. The number of benzene rings is 1. The molecule has 4 heteroatoms. The Morgan fingerprint density at radius 1 is 1.45 bits per heavy atom. The Kier molecular flexibility index (Phi) is 6.50. The minimum atomic E-state index is -1.13. The molecule has 0 heterocycles. The van der Waals surface area contributed by atoms with Gasteiger partial charge in [0.25, 0.3) is 0 Å². The van der Waals surface area contributed by atoms with Crippen LogP contribution in [0.1, 0.15) is 45.1 Å². The van der Waals surface area contributed by atoms with Crippen LogP contribution in [-0.4, -0.2) is 16.6 Å². The number of carbonyl (C=O) groups is 1. The average Bonchev–Trinajstić information content (AvgIpc) is 2.39. The van der Waals surface area contributed by atoms with Gasteiger partial charge in [-0.25, -0.2) is 0 Å². The summed E-state index contributed by atoms with van der Waals surface area (Å²) in [5.41, 5.74) is 5.84. The monoisotopic (exact) mass is 297 g/mol. The predicted molar refractivity (Wildman–Crippen MR) is 83.0 cm³/mol. The number of carboxylic acids is 1. The lowest BCUT2D eigenvalue weighted by molar-refractivity contribution is -0.143. The van der Waals surface area contributed by atoms with Crippen molar-refractivity contribution in [3.63, 3.8) is 0 Å². The number of halogens is 1. The first-order valence-electron chi connectivity index (χ1n) is 7.12. The Morgan fingerprint density at radius 3 is 2.65 bits per heavy atom. The average molecular weight is 298 g/mol. The second kappa shape index (κ2) is 7.65. The third-order valence-corrected chi connectivity index (χ3v) is 4.16. The molecule has 0 amide bonds. The minimum absolute atomic E-state index is 0.337. The number of carboxylic acid groups (broad SMARTS) is 1. The molecule has 0 spiro atoms. The van der Waals surface area contributed by atoms with Gasteiger partial charge in [0.1, 0.15) is 5.54 Å². The van der Waals surface area contributed by atoms with Gasteiger partial charge in [-0.3, -0.25) is 4.79 Å². The molecule has 3 N–H and O–H groups in total. The van der Waals surface area contributed by atoms with Crippen molar-refractivity contribution in [3.8, 4) is 0 Å². The number of aliphatic carboxylic acids is 1. The molecule has 1 rings (SSSR count). The first-order valence-corrected chi connectivity index (χ1v) is 7.50. The molecule has 2 atom stereocenters. The third-order valence-electron chi connectivity index (χ3n) is 3.79. The van der Waals surface area contributed by atoms with Crippen molar-refractivity contribution in [1.82, 2.24) is 0 Å². The molecular weight excluding hydrogens is 274 g/mol. The van der Waals surface area contributed by atoms with Gasteiger partial charge in [-0.1, -0.05) is 49.6 Å². The number of hydrogen-bond donors (Lipinski definition) is 2. The zero-order valence-electron chi connectivity index (χ0n) is 12.2. The van der Waals surface area contributed by atoms with Crippen LogP contribution in [0, 0.1) is 5.92 Å². The van der Waals surface area contributed by atoms with Crippen LogP contribution in [0.25, 0.3) is 0 Å². The summed E-state index contributed by atoms with van der Waals surface area (Å²) in [5.74, 6) is -0.592. The molecule has 0 bridgehead atoms. The van der Waals surface area contributed by atoms with Crippen molar-refractivity contribution in [1.29, 1.82) is 0 Å². The highest BCUT2D eigenvalue weighted by molar-refractivity contribution is 6.31. The fourth-order valence-corrected chi connectivity index (χ4v) is 2.65. The Morgan fingerprint density at radius 2 is 2.10 bits per heavy atom. The van der Waals surface area contributed by atoms with E-state index < -0.39 is 11.5 Å². The summed E-state index contributed by atoms with van der Waals surface area (Å²) in [6.45, 7) is 3.67. The lowest BCUT2D eigenvalue weighted by Gasteiger charge is -2.25. The van der Waals surface area contributed by atoms with Gasteiger partial charge < -0.3 is 10.8 Å². The maximum atomic E-state index is 11.1. The molecule has 0 aliphatic rings. The second-order valence-corrected chi connectivity index (χ2v) is 6.09. The van der Waals surface area contributed by atoms with Gasteiger partial charge in [0, 0.05) is 5.02 Å². The van der Waals surface area contributed by atoms with E-state index in [9.17, 15) is 4.79 Å². The molecule has 0 aliphatic carbocycles. The summed E-state index contributed by atoms with van der Waals surface area (Å²) in [6.07, 6.45) is 4.36. The summed E-state index contributed by atoms with van der Waals surface area (Å²) in [4.78, 5) is 11.1. The number of aryl methyl sites for hydroxylation is 1. The zero-order valence-corrected chi connectivity index (χ0v) is 13.0. The highest BCUT2D eigenvalue weighted by Crippen LogP contribution is 2.24. The van der Waals surface area contributed by atoms with Gasteiger partial charge in [-0.05, 0) is 43.7 Å². The fourth-order valence-electron chi connectivity index (χ4n) is 2.42. The smallest absolute Gasteiger partial charge is 0.323 e. The standard InChI is InChI=1S/C16H24ClNO2/c1-3-12(11-16(2,18)15(19)20)7-6-9-13-8-4-5-10-14(13)17/h4-5,8,10,12H,3,6-7,9,11,18H2,1-2H3,(H,19,20). The molecule has 0 saturated carbocycles. The molecule has 1 aromatic rings. The summed E-state index contributed by atoms with van der Waals surface area (Å²) in [6, 6.07) is 7.84. The van der Waals surface area contributed by atoms with Crippen molar-refractivity contribution < 1.29 is 9.90 Å². The largest absolute Gasteiger partial charge is 0.480 e. The van der Waals surface area contributed by atoms with E-state index in [1.807, 2.05) is 24.3 Å². The van der Waals surface area contributed by atoms with E-state index in [1.54, 1.807) is 6.92 Å². The van der Waals surface area contributed by atoms with Crippen molar-refractivity contribution in [2.75, 3.05) is 0 Å². The Balaban J connectivity index is 2.46. The number of rotatable bonds is 8. The molecule has 0 saturated heterocycles. The fraction of sp³-hybridized carbons (Fsp3) is 0.562. The van der Waals surface area contributed by atoms with E-state index in [-0.39, 0.29) is 0 Å². The Bertz CT molecular complexity index is 446. The van der Waals surface area contributed by atoms with E-state index >= 15 is 0 Å². The van der Waals surface area contributed by atoms with Crippen LogP contribution in [0.5, 0.6) is 0 Å². The number of nitrogens with two attached hydrogens (primary N) is 1. The molecule has 0 aliphatic heterocycles. The normalized spacial score (nSPS) is 15.6. The van der Waals surface area contributed by atoms with Crippen LogP contribution in [0.2, 0.25) is 5.02 Å². The van der Waals surface area contributed by atoms with Crippen molar-refractivity contribution in [3.05, 3.63) is 34.9 Å². The van der Waals surface area contributed by atoms with Crippen LogP contribution in [0.15, 0.2) is 24.3 Å². The third kappa shape index (κ3) is 5.14. The van der Waals surface area contributed by atoms with Gasteiger partial charge in [0.05, 0.1) is 0 Å². The first kappa shape index (κ1) is 17.0. The summed E-state index contributed by atoms with van der Waals surface area (Å²) < 4.78 is 0. The molecule has 1 aromatic carbocycles. The van der Waals surface area contributed by atoms with E-state index in [2.05, 4.69) is 6.92 Å². The minimum Gasteiger partial charge on any atom is -0.480 e. The van der Waals surface area contributed by atoms with Gasteiger partial charge >= 0.3 is 5.97 Å². The SMILES string of the molecule is CCC(CCCc1ccccc1Cl)CC(C)(N)C(=O)O. The van der Waals surface area contributed by atoms with E-state index in [4.69, 9.17) is 22.4 Å². The van der Waals surface area contributed by atoms with E-state index in [1.165, 1.54) is 0 Å². The maximum Gasteiger partial charge on any atom is 0.323 e. The van der Waals surface area contributed by atoms with Crippen LogP contribution in [0.4, 0.5) is 0 Å². The van der Waals surface area contributed by atoms with Gasteiger partial charge in [0.2, 0.25) is 0 Å². The van der Waals surface area contributed by atoms with Crippen LogP contribution < -0.4 is 5.73 Å². The Hall–Kier alpha value is -1.06. The summed E-state index contributed by atoms with van der Waals surface area (Å²) >= 11 is 6.12. The van der Waals surface area contributed by atoms with E-state index in [0.29, 0.717) is 12.3 Å². The van der Waals surface area contributed by atoms with Crippen LogP contribution in [0.3, 0.4) is 0 Å². The molecule has 3 nitrogen and oxygen atoms in total. The van der Waals surface area contributed by atoms with Crippen LogP contribution >= 0.6 is 11.6 Å². The maximum absolute atomic E-state index is 11.1. The predicted octanol–water partition coefficient (Wildman–Crippen LogP) is 3.88. The molecule has 0 aromatic heterocycles. The molecule has 0 radical (unpaired) electrons. The van der Waals surface area contributed by atoms with E-state index in [0.717, 1.165) is 36.3 Å². The van der Waals surface area contributed by atoms with Crippen LogP contribution in [-0.2, 0) is 11.2 Å².